The van der Waals surface area contributed by atoms with Gasteiger partial charge in [0.25, 0.3) is 0 Å². The lowest BCUT2D eigenvalue weighted by molar-refractivity contribution is -0.136. The Balaban J connectivity index is 1.71. The minimum atomic E-state index is -0.693. The maximum absolute atomic E-state index is 12.3. The lowest BCUT2D eigenvalue weighted by atomic mass is 10.1. The third kappa shape index (κ3) is 3.84. The molecule has 0 spiro atoms. The second-order valence-corrected chi connectivity index (χ2v) is 7.79. The number of rotatable bonds is 3. The van der Waals surface area contributed by atoms with E-state index in [2.05, 4.69) is 20.7 Å². The molecule has 0 radical (unpaired) electrons. The molecule has 0 fully saturated rings. The van der Waals surface area contributed by atoms with Gasteiger partial charge in [-0.2, -0.15) is 16.9 Å². The molecular weight excluding hydrogens is 338 g/mol. The number of fused-ring (bicyclic) bond motifs is 1. The van der Waals surface area contributed by atoms with Gasteiger partial charge < -0.3 is 10.6 Å². The zero-order valence-corrected chi connectivity index (χ0v) is 15.3. The molecule has 2 aromatic rings. The van der Waals surface area contributed by atoms with Gasteiger partial charge in [-0.25, -0.2) is 4.68 Å². The highest BCUT2D eigenvalue weighted by Crippen LogP contribution is 2.37. The van der Waals surface area contributed by atoms with Crippen LogP contribution in [0.15, 0.2) is 24.4 Å². The first-order valence-corrected chi connectivity index (χ1v) is 9.20. The second-order valence-electron chi connectivity index (χ2n) is 6.81. The van der Waals surface area contributed by atoms with E-state index in [9.17, 15) is 9.59 Å². The van der Waals surface area contributed by atoms with Crippen molar-refractivity contribution >= 4 is 29.4 Å². The summed E-state index contributed by atoms with van der Waals surface area (Å²) >= 11 is 1.75. The summed E-state index contributed by atoms with van der Waals surface area (Å²) in [6.07, 6.45) is 1.64. The van der Waals surface area contributed by atoms with E-state index in [1.807, 2.05) is 26.8 Å². The average molecular weight is 359 g/mol. The summed E-state index contributed by atoms with van der Waals surface area (Å²) in [6.45, 7) is 6.25. The van der Waals surface area contributed by atoms with E-state index in [0.717, 1.165) is 22.8 Å². The number of carbonyl (C=O) groups excluding carboxylic acids is 2. The summed E-state index contributed by atoms with van der Waals surface area (Å²) in [6, 6.07) is 5.42. The number of hydrogen-bond donors (Lipinski definition) is 2. The predicted octanol–water partition coefficient (Wildman–Crippen LogP) is 2.03. The van der Waals surface area contributed by atoms with Crippen LogP contribution in [0, 0.1) is 0 Å². The lowest BCUT2D eigenvalue weighted by Crippen LogP contribution is -2.37. The van der Waals surface area contributed by atoms with Gasteiger partial charge in [-0.15, -0.1) is 0 Å². The number of carbonyl (C=O) groups is 2. The highest BCUT2D eigenvalue weighted by molar-refractivity contribution is 7.98. The summed E-state index contributed by atoms with van der Waals surface area (Å²) < 4.78 is 1.79. The molecule has 2 aromatic heterocycles. The largest absolute Gasteiger partial charge is 0.342 e. The number of amides is 2. The number of thioether (sulfide) groups is 1. The Morgan fingerprint density at radius 2 is 2.04 bits per heavy atom. The number of pyridine rings is 1. The summed E-state index contributed by atoms with van der Waals surface area (Å²) in [5, 5.41) is 9.95. The highest BCUT2D eigenvalue weighted by Gasteiger charge is 2.29. The van der Waals surface area contributed by atoms with E-state index in [0.29, 0.717) is 11.5 Å². The fraction of sp³-hybridized carbons (Fsp3) is 0.412. The van der Waals surface area contributed by atoms with Crippen molar-refractivity contribution in [1.82, 2.24) is 20.1 Å². The molecule has 1 aliphatic rings. The first-order valence-electron chi connectivity index (χ1n) is 8.04. The van der Waals surface area contributed by atoms with Gasteiger partial charge in [-0.3, -0.25) is 14.6 Å². The number of nitrogens with zero attached hydrogens (tertiary/aromatic N) is 3. The van der Waals surface area contributed by atoms with Crippen LogP contribution in [-0.2, 0) is 33.2 Å². The summed E-state index contributed by atoms with van der Waals surface area (Å²) in [7, 11) is 0. The minimum Gasteiger partial charge on any atom is -0.342 e. The third-order valence-corrected chi connectivity index (χ3v) is 4.75. The molecule has 7 nitrogen and oxygen atoms in total. The molecule has 0 saturated heterocycles. The van der Waals surface area contributed by atoms with Crippen molar-refractivity contribution in [3.05, 3.63) is 41.3 Å². The number of hydrogen-bond acceptors (Lipinski definition) is 5. The third-order valence-electron chi connectivity index (χ3n) is 3.78. The molecule has 0 aliphatic carbocycles. The molecule has 3 heterocycles. The van der Waals surface area contributed by atoms with Crippen LogP contribution in [0.2, 0.25) is 0 Å². The molecule has 25 heavy (non-hydrogen) atoms. The van der Waals surface area contributed by atoms with Gasteiger partial charge in [0, 0.05) is 23.3 Å². The number of anilines is 1. The number of nitrogens with one attached hydrogen (secondary N) is 2. The lowest BCUT2D eigenvalue weighted by Gasteiger charge is -2.23. The molecule has 1 aliphatic heterocycles. The van der Waals surface area contributed by atoms with Gasteiger partial charge >= 0.3 is 11.8 Å². The SMILES string of the molecule is CC(C)(C)n1nc2c(c1NC(=O)C(=O)NCc1ccccn1)CSC2. The highest BCUT2D eigenvalue weighted by atomic mass is 32.2. The van der Waals surface area contributed by atoms with Crippen LogP contribution in [0.1, 0.15) is 37.7 Å². The van der Waals surface area contributed by atoms with E-state index >= 15 is 0 Å². The zero-order valence-electron chi connectivity index (χ0n) is 14.5. The quantitative estimate of drug-likeness (QED) is 0.819. The van der Waals surface area contributed by atoms with Crippen molar-refractivity contribution in [3.63, 3.8) is 0 Å². The van der Waals surface area contributed by atoms with Crippen LogP contribution in [0.5, 0.6) is 0 Å². The molecule has 2 N–H and O–H groups in total. The van der Waals surface area contributed by atoms with Gasteiger partial charge in [0.15, 0.2) is 0 Å². The first kappa shape index (κ1) is 17.5. The molecule has 3 rings (SSSR count). The van der Waals surface area contributed by atoms with Crippen molar-refractivity contribution in [2.45, 2.75) is 44.4 Å². The van der Waals surface area contributed by atoms with E-state index in [1.54, 1.807) is 34.8 Å². The normalized spacial score (nSPS) is 13.4. The van der Waals surface area contributed by atoms with Crippen molar-refractivity contribution in [3.8, 4) is 0 Å². The Morgan fingerprint density at radius 3 is 2.72 bits per heavy atom. The molecular formula is C17H21N5O2S. The standard InChI is InChI=1S/C17H21N5O2S/c1-17(2,3)22-14(12-9-25-10-13(12)21-22)20-16(24)15(23)19-8-11-6-4-5-7-18-11/h4-7H,8-10H2,1-3H3,(H,19,23)(H,20,24). The molecule has 0 atom stereocenters. The fourth-order valence-electron chi connectivity index (χ4n) is 2.54. The Kier molecular flexibility index (Phi) is 4.80. The molecule has 0 saturated carbocycles. The van der Waals surface area contributed by atoms with Crippen molar-refractivity contribution in [2.75, 3.05) is 5.32 Å². The van der Waals surface area contributed by atoms with Crippen molar-refractivity contribution < 1.29 is 9.59 Å². The molecule has 0 bridgehead atoms. The van der Waals surface area contributed by atoms with Crippen LogP contribution in [0.4, 0.5) is 5.82 Å². The van der Waals surface area contributed by atoms with Crippen LogP contribution >= 0.6 is 11.8 Å². The Morgan fingerprint density at radius 1 is 1.24 bits per heavy atom. The van der Waals surface area contributed by atoms with Gasteiger partial charge in [-0.1, -0.05) is 6.07 Å². The van der Waals surface area contributed by atoms with Gasteiger partial charge in [0.1, 0.15) is 5.82 Å². The molecule has 0 unspecified atom stereocenters. The van der Waals surface area contributed by atoms with E-state index < -0.39 is 11.8 Å². The van der Waals surface area contributed by atoms with Crippen LogP contribution in [-0.4, -0.2) is 26.6 Å². The van der Waals surface area contributed by atoms with Crippen molar-refractivity contribution in [2.24, 2.45) is 0 Å². The minimum absolute atomic E-state index is 0.208. The van der Waals surface area contributed by atoms with E-state index in [1.165, 1.54) is 0 Å². The summed E-state index contributed by atoms with van der Waals surface area (Å²) in [5.41, 5.74) is 2.39. The second kappa shape index (κ2) is 6.87. The summed E-state index contributed by atoms with van der Waals surface area (Å²) in [5.74, 6) is 0.849. The average Bonchev–Trinajstić information content (AvgIpc) is 3.15. The molecule has 132 valence electrons. The van der Waals surface area contributed by atoms with Crippen LogP contribution in [0.3, 0.4) is 0 Å². The monoisotopic (exact) mass is 359 g/mol. The molecule has 0 aromatic carbocycles. The van der Waals surface area contributed by atoms with Gasteiger partial charge in [0.2, 0.25) is 0 Å². The Labute approximate surface area is 150 Å². The van der Waals surface area contributed by atoms with Gasteiger partial charge in [0.05, 0.1) is 23.5 Å². The van der Waals surface area contributed by atoms with Gasteiger partial charge in [-0.05, 0) is 32.9 Å². The smallest absolute Gasteiger partial charge is 0.314 e. The first-order chi connectivity index (χ1) is 11.9. The maximum Gasteiger partial charge on any atom is 0.314 e. The Hall–Kier alpha value is -2.35. The number of aromatic nitrogens is 3. The molecule has 2 amide bonds. The molecule has 8 heteroatoms. The topological polar surface area (TPSA) is 88.9 Å². The van der Waals surface area contributed by atoms with E-state index in [-0.39, 0.29) is 12.1 Å². The van der Waals surface area contributed by atoms with Crippen LogP contribution in [0.25, 0.3) is 0 Å². The van der Waals surface area contributed by atoms with E-state index in [4.69, 9.17) is 0 Å². The predicted molar refractivity (Wildman–Crippen MR) is 96.9 cm³/mol. The summed E-state index contributed by atoms with van der Waals surface area (Å²) in [4.78, 5) is 28.6. The van der Waals surface area contributed by atoms with Crippen molar-refractivity contribution in [1.29, 1.82) is 0 Å². The fourth-order valence-corrected chi connectivity index (χ4v) is 3.58. The Bertz CT molecular complexity index is 795. The van der Waals surface area contributed by atoms with Crippen LogP contribution < -0.4 is 10.6 Å². The zero-order chi connectivity index (χ0) is 18.0. The maximum atomic E-state index is 12.3.